The Labute approximate surface area is 135 Å². The third-order valence-corrected chi connectivity index (χ3v) is 3.25. The molecule has 5 heteroatoms. The normalized spacial score (nSPS) is 9.78. The lowest BCUT2D eigenvalue weighted by Gasteiger charge is -2.11. The summed E-state index contributed by atoms with van der Waals surface area (Å²) in [5, 5.41) is 11.5. The summed E-state index contributed by atoms with van der Waals surface area (Å²) in [5.41, 5.74) is 2.57. The number of rotatable bonds is 6. The Hall–Kier alpha value is -3.00. The van der Waals surface area contributed by atoms with Crippen molar-refractivity contribution in [2.75, 3.05) is 13.7 Å². The van der Waals surface area contributed by atoms with Crippen LogP contribution in [0.5, 0.6) is 11.5 Å². The van der Waals surface area contributed by atoms with Gasteiger partial charge in [0.2, 0.25) is 0 Å². The van der Waals surface area contributed by atoms with Crippen LogP contribution in [0.4, 0.5) is 0 Å². The Kier molecular flexibility index (Phi) is 5.59. The molecular weight excluding hydrogens is 292 g/mol. The fraction of sp³-hybridized carbons (Fsp3) is 0.222. The summed E-state index contributed by atoms with van der Waals surface area (Å²) in [6, 6.07) is 14.6. The first kappa shape index (κ1) is 16.4. The molecule has 2 rings (SSSR count). The molecule has 0 saturated carbocycles. The minimum atomic E-state index is -0.225. The number of carbonyl (C=O) groups excluding carboxylic acids is 1. The van der Waals surface area contributed by atoms with Crippen LogP contribution in [-0.4, -0.2) is 19.6 Å². The van der Waals surface area contributed by atoms with E-state index in [2.05, 4.69) is 11.4 Å². The lowest BCUT2D eigenvalue weighted by Crippen LogP contribution is -2.28. The van der Waals surface area contributed by atoms with Gasteiger partial charge < -0.3 is 14.8 Å². The molecule has 0 aliphatic heterocycles. The maximum atomic E-state index is 11.9. The lowest BCUT2D eigenvalue weighted by molar-refractivity contribution is -0.123. The Morgan fingerprint density at radius 3 is 2.57 bits per heavy atom. The topological polar surface area (TPSA) is 71.3 Å². The molecule has 0 aromatic heterocycles. The Morgan fingerprint density at radius 2 is 1.91 bits per heavy atom. The van der Waals surface area contributed by atoms with E-state index in [0.29, 0.717) is 23.6 Å². The highest BCUT2D eigenvalue weighted by Crippen LogP contribution is 2.27. The number of ether oxygens (including phenoxy) is 2. The molecule has 0 fully saturated rings. The molecule has 1 N–H and O–H groups in total. The third-order valence-electron chi connectivity index (χ3n) is 3.25. The van der Waals surface area contributed by atoms with Gasteiger partial charge >= 0.3 is 0 Å². The first-order valence-corrected chi connectivity index (χ1v) is 7.15. The molecule has 1 amide bonds. The van der Waals surface area contributed by atoms with E-state index in [4.69, 9.17) is 14.7 Å². The van der Waals surface area contributed by atoms with Crippen LogP contribution in [-0.2, 0) is 11.3 Å². The van der Waals surface area contributed by atoms with E-state index in [1.807, 2.05) is 31.2 Å². The van der Waals surface area contributed by atoms with Gasteiger partial charge in [-0.2, -0.15) is 5.26 Å². The number of benzene rings is 2. The average molecular weight is 310 g/mol. The zero-order valence-corrected chi connectivity index (χ0v) is 13.1. The first-order valence-electron chi connectivity index (χ1n) is 7.15. The van der Waals surface area contributed by atoms with Gasteiger partial charge in [0, 0.05) is 6.54 Å². The predicted octanol–water partition coefficient (Wildman–Crippen LogP) is 2.57. The molecule has 23 heavy (non-hydrogen) atoms. The molecule has 0 aliphatic rings. The van der Waals surface area contributed by atoms with Crippen molar-refractivity contribution in [2.24, 2.45) is 0 Å². The minimum Gasteiger partial charge on any atom is -0.493 e. The third kappa shape index (κ3) is 4.75. The number of hydrogen-bond acceptors (Lipinski definition) is 4. The van der Waals surface area contributed by atoms with Crippen molar-refractivity contribution >= 4 is 5.91 Å². The van der Waals surface area contributed by atoms with E-state index < -0.39 is 0 Å². The van der Waals surface area contributed by atoms with Crippen molar-refractivity contribution in [1.82, 2.24) is 5.32 Å². The van der Waals surface area contributed by atoms with Gasteiger partial charge in [-0.15, -0.1) is 0 Å². The van der Waals surface area contributed by atoms with Crippen LogP contribution in [0.3, 0.4) is 0 Å². The van der Waals surface area contributed by atoms with Crippen LogP contribution >= 0.6 is 0 Å². The summed E-state index contributed by atoms with van der Waals surface area (Å²) in [6.45, 7) is 2.26. The summed E-state index contributed by atoms with van der Waals surface area (Å²) in [7, 11) is 1.56. The second-order valence-corrected chi connectivity index (χ2v) is 5.03. The molecule has 0 aliphatic carbocycles. The number of aryl methyl sites for hydroxylation is 1. The largest absolute Gasteiger partial charge is 0.493 e. The van der Waals surface area contributed by atoms with Crippen molar-refractivity contribution in [3.8, 4) is 17.6 Å². The maximum Gasteiger partial charge on any atom is 0.258 e. The van der Waals surface area contributed by atoms with E-state index in [1.54, 1.807) is 25.3 Å². The summed E-state index contributed by atoms with van der Waals surface area (Å²) in [6.07, 6.45) is 0. The molecule has 0 bridgehead atoms. The molecule has 5 nitrogen and oxygen atoms in total. The van der Waals surface area contributed by atoms with Crippen LogP contribution in [0.25, 0.3) is 0 Å². The molecule has 2 aromatic rings. The number of nitriles is 1. The monoisotopic (exact) mass is 310 g/mol. The Balaban J connectivity index is 1.84. The minimum absolute atomic E-state index is 0.0876. The summed E-state index contributed by atoms with van der Waals surface area (Å²) < 4.78 is 10.7. The predicted molar refractivity (Wildman–Crippen MR) is 86.2 cm³/mol. The number of carbonyl (C=O) groups is 1. The van der Waals surface area contributed by atoms with Gasteiger partial charge in [0.1, 0.15) is 0 Å². The van der Waals surface area contributed by atoms with E-state index in [0.717, 1.165) is 11.1 Å². The van der Waals surface area contributed by atoms with Gasteiger partial charge in [-0.25, -0.2) is 0 Å². The fourth-order valence-corrected chi connectivity index (χ4v) is 1.99. The van der Waals surface area contributed by atoms with Gasteiger partial charge in [-0.3, -0.25) is 4.79 Å². The van der Waals surface area contributed by atoms with E-state index in [-0.39, 0.29) is 12.5 Å². The summed E-state index contributed by atoms with van der Waals surface area (Å²) in [4.78, 5) is 11.9. The van der Waals surface area contributed by atoms with Crippen molar-refractivity contribution < 1.29 is 14.3 Å². The highest BCUT2D eigenvalue weighted by Gasteiger charge is 2.07. The molecule has 0 saturated heterocycles. The Morgan fingerprint density at radius 1 is 1.17 bits per heavy atom. The van der Waals surface area contributed by atoms with Crippen LogP contribution in [0.1, 0.15) is 16.7 Å². The maximum absolute atomic E-state index is 11.9. The smallest absolute Gasteiger partial charge is 0.258 e. The number of amides is 1. The summed E-state index contributed by atoms with van der Waals surface area (Å²) in [5.74, 6) is 0.911. The quantitative estimate of drug-likeness (QED) is 0.890. The van der Waals surface area contributed by atoms with Crippen molar-refractivity contribution in [3.63, 3.8) is 0 Å². The van der Waals surface area contributed by atoms with E-state index in [9.17, 15) is 4.79 Å². The van der Waals surface area contributed by atoms with Crippen molar-refractivity contribution in [3.05, 3.63) is 59.2 Å². The van der Waals surface area contributed by atoms with Crippen LogP contribution in [0.2, 0.25) is 0 Å². The van der Waals surface area contributed by atoms with Gasteiger partial charge in [-0.05, 0) is 42.3 Å². The molecule has 0 unspecified atom stereocenters. The number of methoxy groups -OCH3 is 1. The van der Waals surface area contributed by atoms with E-state index >= 15 is 0 Å². The highest BCUT2D eigenvalue weighted by atomic mass is 16.5. The zero-order valence-electron chi connectivity index (χ0n) is 13.1. The molecule has 118 valence electrons. The number of nitrogens with one attached hydrogen (secondary N) is 1. The van der Waals surface area contributed by atoms with Crippen LogP contribution < -0.4 is 14.8 Å². The number of hydrogen-bond donors (Lipinski definition) is 1. The van der Waals surface area contributed by atoms with Gasteiger partial charge in [0.25, 0.3) is 5.91 Å². The first-order chi connectivity index (χ1) is 11.1. The number of nitrogens with zero attached hydrogens (tertiary/aromatic N) is 1. The van der Waals surface area contributed by atoms with Crippen LogP contribution in [0.15, 0.2) is 42.5 Å². The lowest BCUT2D eigenvalue weighted by atomic mass is 10.1. The molecular formula is C18H18N2O3. The zero-order chi connectivity index (χ0) is 16.7. The van der Waals surface area contributed by atoms with Crippen LogP contribution in [0, 0.1) is 18.3 Å². The second-order valence-electron chi connectivity index (χ2n) is 5.03. The van der Waals surface area contributed by atoms with Gasteiger partial charge in [-0.1, -0.05) is 18.2 Å². The fourth-order valence-electron chi connectivity index (χ4n) is 1.99. The highest BCUT2D eigenvalue weighted by molar-refractivity contribution is 5.77. The molecule has 0 atom stereocenters. The Bertz CT molecular complexity index is 718. The second kappa shape index (κ2) is 7.85. The standard InChI is InChI=1S/C18H18N2O3/c1-13-3-8-16(17(9-13)22-2)23-12-18(21)20-11-15-6-4-14(10-19)5-7-15/h3-9H,11-12H2,1-2H3,(H,20,21). The van der Waals surface area contributed by atoms with E-state index in [1.165, 1.54) is 0 Å². The van der Waals surface area contributed by atoms with Crippen molar-refractivity contribution in [1.29, 1.82) is 5.26 Å². The van der Waals surface area contributed by atoms with Gasteiger partial charge in [0.05, 0.1) is 18.7 Å². The average Bonchev–Trinajstić information content (AvgIpc) is 2.59. The molecule has 0 radical (unpaired) electrons. The molecule has 2 aromatic carbocycles. The molecule has 0 heterocycles. The summed E-state index contributed by atoms with van der Waals surface area (Å²) >= 11 is 0. The van der Waals surface area contributed by atoms with Gasteiger partial charge in [0.15, 0.2) is 18.1 Å². The van der Waals surface area contributed by atoms with Crippen molar-refractivity contribution in [2.45, 2.75) is 13.5 Å². The SMILES string of the molecule is COc1cc(C)ccc1OCC(=O)NCc1ccc(C#N)cc1. The molecule has 0 spiro atoms.